The van der Waals surface area contributed by atoms with Gasteiger partial charge < -0.3 is 10.2 Å². The molecule has 0 radical (unpaired) electrons. The largest absolute Gasteiger partial charge is 0.338 e. The van der Waals surface area contributed by atoms with Crippen LogP contribution in [-0.2, 0) is 4.79 Å². The van der Waals surface area contributed by atoms with Crippen LogP contribution in [0.2, 0.25) is 0 Å². The van der Waals surface area contributed by atoms with E-state index < -0.39 is 0 Å². The van der Waals surface area contributed by atoms with Crippen LogP contribution in [-0.4, -0.2) is 36.0 Å². The van der Waals surface area contributed by atoms with E-state index in [1.807, 2.05) is 0 Å². The van der Waals surface area contributed by atoms with E-state index in [1.54, 1.807) is 0 Å². The minimum Gasteiger partial charge on any atom is -0.338 e. The third-order valence-corrected chi connectivity index (χ3v) is 4.10. The van der Waals surface area contributed by atoms with Gasteiger partial charge >= 0.3 is 0 Å². The third kappa shape index (κ3) is 3.44. The number of hydrogen-bond acceptors (Lipinski definition) is 2. The summed E-state index contributed by atoms with van der Waals surface area (Å²) in [7, 11) is 0. The van der Waals surface area contributed by atoms with Gasteiger partial charge in [-0.2, -0.15) is 0 Å². The molecule has 0 aromatic heterocycles. The van der Waals surface area contributed by atoms with Crippen LogP contribution >= 0.6 is 0 Å². The Morgan fingerprint density at radius 3 is 2.53 bits per heavy atom. The van der Waals surface area contributed by atoms with Crippen molar-refractivity contribution in [1.29, 1.82) is 0 Å². The summed E-state index contributed by atoms with van der Waals surface area (Å²) in [5, 5.41) is 3.35. The fourth-order valence-corrected chi connectivity index (χ4v) is 2.84. The van der Waals surface area contributed by atoms with E-state index in [0.29, 0.717) is 17.9 Å². The lowest BCUT2D eigenvalue weighted by molar-refractivity contribution is -0.132. The first-order chi connectivity index (χ1) is 8.15. The number of rotatable bonds is 7. The maximum atomic E-state index is 12.3. The zero-order valence-corrected chi connectivity index (χ0v) is 11.8. The van der Waals surface area contributed by atoms with Crippen molar-refractivity contribution in [3.8, 4) is 0 Å². The molecule has 1 heterocycles. The molecule has 1 N–H and O–H groups in total. The third-order valence-electron chi connectivity index (χ3n) is 4.10. The molecule has 0 spiro atoms. The van der Waals surface area contributed by atoms with Crippen molar-refractivity contribution in [3.63, 3.8) is 0 Å². The molecular weight excluding hydrogens is 212 g/mol. The monoisotopic (exact) mass is 240 g/mol. The van der Waals surface area contributed by atoms with Gasteiger partial charge in [0.1, 0.15) is 0 Å². The lowest BCUT2D eigenvalue weighted by Gasteiger charge is -2.31. The highest BCUT2D eigenvalue weighted by molar-refractivity contribution is 5.84. The molecule has 1 aliphatic heterocycles. The molecular formula is C14H28N2O. The molecule has 3 heteroatoms. The highest BCUT2D eigenvalue weighted by atomic mass is 16.2. The number of nitrogens with zero attached hydrogens (tertiary/aromatic N) is 1. The van der Waals surface area contributed by atoms with Gasteiger partial charge in [0.2, 0.25) is 5.91 Å². The second kappa shape index (κ2) is 7.00. The summed E-state index contributed by atoms with van der Waals surface area (Å²) in [5.74, 6) is 0.960. The molecule has 1 aliphatic rings. The molecule has 0 saturated carbocycles. The Hall–Kier alpha value is -0.570. The number of carbonyl (C=O) groups is 1. The predicted molar refractivity (Wildman–Crippen MR) is 71.9 cm³/mol. The molecule has 17 heavy (non-hydrogen) atoms. The summed E-state index contributed by atoms with van der Waals surface area (Å²) in [6.07, 6.45) is 4.39. The highest BCUT2D eigenvalue weighted by Gasteiger charge is 2.35. The van der Waals surface area contributed by atoms with Crippen LogP contribution in [0.3, 0.4) is 0 Å². The van der Waals surface area contributed by atoms with Gasteiger partial charge in [0, 0.05) is 12.6 Å². The molecule has 0 aliphatic carbocycles. The summed E-state index contributed by atoms with van der Waals surface area (Å²) in [6, 6.07) is 0.470. The average molecular weight is 240 g/mol. The van der Waals surface area contributed by atoms with Gasteiger partial charge in [0.05, 0.1) is 6.04 Å². The first-order valence-electron chi connectivity index (χ1n) is 7.19. The van der Waals surface area contributed by atoms with Crippen molar-refractivity contribution in [2.45, 2.75) is 65.5 Å². The van der Waals surface area contributed by atoms with Gasteiger partial charge in [-0.1, -0.05) is 33.6 Å². The quantitative estimate of drug-likeness (QED) is 0.741. The lowest BCUT2D eigenvalue weighted by atomic mass is 9.94. The van der Waals surface area contributed by atoms with Crippen molar-refractivity contribution < 1.29 is 4.79 Å². The smallest absolute Gasteiger partial charge is 0.240 e. The second-order valence-electron chi connectivity index (χ2n) is 5.14. The number of amides is 1. The Kier molecular flexibility index (Phi) is 5.96. The van der Waals surface area contributed by atoms with Crippen molar-refractivity contribution in [3.05, 3.63) is 0 Å². The van der Waals surface area contributed by atoms with Crippen molar-refractivity contribution >= 4 is 5.91 Å². The molecule has 0 aromatic carbocycles. The summed E-state index contributed by atoms with van der Waals surface area (Å²) in [6.45, 7) is 10.7. The van der Waals surface area contributed by atoms with E-state index in [-0.39, 0.29) is 6.04 Å². The highest BCUT2D eigenvalue weighted by Crippen LogP contribution is 2.23. The molecule has 100 valence electrons. The van der Waals surface area contributed by atoms with Gasteiger partial charge in [-0.15, -0.1) is 0 Å². The van der Waals surface area contributed by atoms with Gasteiger partial charge in [-0.25, -0.2) is 0 Å². The maximum absolute atomic E-state index is 12.3. The maximum Gasteiger partial charge on any atom is 0.240 e. The molecule has 1 rings (SSSR count). The standard InChI is InChI=1S/C14H28N2O/c1-5-9-15-13-8-10-16(14(13)17)11(4)12(6-2)7-3/h11-13,15H,5-10H2,1-4H3. The fourth-order valence-electron chi connectivity index (χ4n) is 2.84. The van der Waals surface area contributed by atoms with E-state index in [9.17, 15) is 4.79 Å². The van der Waals surface area contributed by atoms with E-state index >= 15 is 0 Å². The molecule has 0 bridgehead atoms. The van der Waals surface area contributed by atoms with E-state index in [1.165, 1.54) is 0 Å². The fraction of sp³-hybridized carbons (Fsp3) is 0.929. The first-order valence-corrected chi connectivity index (χ1v) is 7.19. The van der Waals surface area contributed by atoms with Crippen LogP contribution in [0.5, 0.6) is 0 Å². The molecule has 1 saturated heterocycles. The Bertz CT molecular complexity index is 238. The summed E-state index contributed by atoms with van der Waals surface area (Å²) >= 11 is 0. The molecule has 1 fully saturated rings. The number of nitrogens with one attached hydrogen (secondary N) is 1. The van der Waals surface area contributed by atoms with Crippen LogP contribution in [0.15, 0.2) is 0 Å². The van der Waals surface area contributed by atoms with Crippen molar-refractivity contribution in [1.82, 2.24) is 10.2 Å². The Balaban J connectivity index is 2.53. The van der Waals surface area contributed by atoms with Crippen molar-refractivity contribution in [2.75, 3.05) is 13.1 Å². The number of carbonyl (C=O) groups excluding carboxylic acids is 1. The van der Waals surface area contributed by atoms with Crippen molar-refractivity contribution in [2.24, 2.45) is 5.92 Å². The van der Waals surface area contributed by atoms with Gasteiger partial charge in [0.25, 0.3) is 0 Å². The average Bonchev–Trinajstić information content (AvgIpc) is 2.69. The van der Waals surface area contributed by atoms with Crippen LogP contribution in [0, 0.1) is 5.92 Å². The Morgan fingerprint density at radius 1 is 1.35 bits per heavy atom. The predicted octanol–water partition coefficient (Wildman–Crippen LogP) is 2.41. The number of hydrogen-bond donors (Lipinski definition) is 1. The lowest BCUT2D eigenvalue weighted by Crippen LogP contribution is -2.44. The summed E-state index contributed by atoms with van der Waals surface area (Å²) in [5.41, 5.74) is 0. The van der Waals surface area contributed by atoms with E-state index in [2.05, 4.69) is 37.9 Å². The summed E-state index contributed by atoms with van der Waals surface area (Å²) in [4.78, 5) is 14.3. The molecule has 2 atom stereocenters. The van der Waals surface area contributed by atoms with Crippen LogP contribution in [0.25, 0.3) is 0 Å². The zero-order chi connectivity index (χ0) is 12.8. The van der Waals surface area contributed by atoms with Gasteiger partial charge in [-0.3, -0.25) is 4.79 Å². The molecule has 1 amide bonds. The van der Waals surface area contributed by atoms with E-state index in [4.69, 9.17) is 0 Å². The Morgan fingerprint density at radius 2 is 2.00 bits per heavy atom. The van der Waals surface area contributed by atoms with Gasteiger partial charge in [-0.05, 0) is 32.2 Å². The van der Waals surface area contributed by atoms with Gasteiger partial charge in [0.15, 0.2) is 0 Å². The number of likely N-dealkylation sites (tertiary alicyclic amines) is 1. The van der Waals surface area contributed by atoms with Crippen LogP contribution < -0.4 is 5.32 Å². The summed E-state index contributed by atoms with van der Waals surface area (Å²) < 4.78 is 0. The first kappa shape index (κ1) is 14.5. The zero-order valence-electron chi connectivity index (χ0n) is 11.8. The van der Waals surface area contributed by atoms with Crippen LogP contribution in [0.1, 0.15) is 53.4 Å². The normalized spacial score (nSPS) is 22.5. The Labute approximate surface area is 106 Å². The van der Waals surface area contributed by atoms with Crippen LogP contribution in [0.4, 0.5) is 0 Å². The molecule has 2 unspecified atom stereocenters. The molecule has 3 nitrogen and oxygen atoms in total. The van der Waals surface area contributed by atoms with E-state index in [0.717, 1.165) is 38.8 Å². The minimum absolute atomic E-state index is 0.0757. The minimum atomic E-state index is 0.0757. The second-order valence-corrected chi connectivity index (χ2v) is 5.14. The SMILES string of the molecule is CCCNC1CCN(C(C)C(CC)CC)C1=O. The molecule has 0 aromatic rings. The topological polar surface area (TPSA) is 32.3 Å².